The number of aromatic hydroxyl groups is 2. The Morgan fingerprint density at radius 3 is 2.01 bits per heavy atom. The number of hydrogen-bond donors (Lipinski definition) is 3. The van der Waals surface area contributed by atoms with Gasteiger partial charge in [-0.3, -0.25) is 8.74 Å². The van der Waals surface area contributed by atoms with E-state index in [-0.39, 0.29) is 48.4 Å². The van der Waals surface area contributed by atoms with Crippen LogP contribution in [-0.4, -0.2) is 150 Å². The lowest BCUT2D eigenvalue weighted by Crippen LogP contribution is -2.46. The van der Waals surface area contributed by atoms with Crippen LogP contribution in [0, 0.1) is 0 Å². The van der Waals surface area contributed by atoms with Crippen LogP contribution < -0.4 is 14.5 Å². The quantitative estimate of drug-likeness (QED) is 0.0133. The summed E-state index contributed by atoms with van der Waals surface area (Å²) in [5, 5.41) is 20.0. The van der Waals surface area contributed by atoms with Gasteiger partial charge < -0.3 is 48.4 Å². The molecule has 3 aromatic carbocycles. The summed E-state index contributed by atoms with van der Waals surface area (Å²) in [5.41, 5.74) is 6.52. The maximum absolute atomic E-state index is 13.0. The van der Waals surface area contributed by atoms with Crippen LogP contribution in [0.25, 0.3) is 16.9 Å². The molecule has 0 radical (unpaired) electrons. The average Bonchev–Trinajstić information content (AvgIpc) is 2.34. The van der Waals surface area contributed by atoms with Crippen LogP contribution in [0.2, 0.25) is 0 Å². The molecule has 0 fully saturated rings. The second-order valence-corrected chi connectivity index (χ2v) is 24.0. The molecule has 1 aromatic heterocycles. The predicted octanol–water partition coefficient (Wildman–Crippen LogP) is 9.37. The molecule has 0 amide bonds. The third-order valence-electron chi connectivity index (χ3n) is 14.3. The van der Waals surface area contributed by atoms with Crippen molar-refractivity contribution >= 4 is 60.2 Å². The van der Waals surface area contributed by atoms with Gasteiger partial charge in [-0.1, -0.05) is 79.8 Å². The van der Waals surface area contributed by atoms with Crippen molar-refractivity contribution in [2.75, 3.05) is 96.9 Å². The van der Waals surface area contributed by atoms with Gasteiger partial charge in [0.05, 0.1) is 88.2 Å². The number of aromatic nitrogens is 1. The standard InChI is InChI=1S/C62H77N3O16S2/c1-7-30-75-32-34-77-36-38-79-39-37-78-35-33-76-31-29-64-54-44-56-51(43-50(54)46(2)45-61(64,3)4)48(41-55(80-56)47-18-13-11-14-19-47)20-12-9-8-10-15-21-57-62(5,27-16-22-60(68)81-65-58(66)25-26-59(65)67)52-42-49(83(71,72)73)23-24-53(52)63(57)28-17-40-82(69,70)74-6/h8-15,18-21,23-26,41-45H,7,16-17,22,27-40H2,1-6H3,(H2-,66,67,71,72,73)/p+1. The molecule has 83 heavy (non-hydrogen) atoms. The summed E-state index contributed by atoms with van der Waals surface area (Å²) >= 11 is 0. The molecule has 21 heteroatoms. The summed E-state index contributed by atoms with van der Waals surface area (Å²) < 4.78 is 102. The summed E-state index contributed by atoms with van der Waals surface area (Å²) in [6, 6.07) is 20.8. The summed E-state index contributed by atoms with van der Waals surface area (Å²) in [5.74, 6) is -0.575. The number of rotatable bonds is 33. The van der Waals surface area contributed by atoms with Crippen LogP contribution in [0.1, 0.15) is 89.0 Å². The van der Waals surface area contributed by atoms with Gasteiger partial charge in [-0.25, -0.2) is 4.79 Å². The molecule has 0 saturated carbocycles. The molecular formula is C62H78N3O16S2+. The van der Waals surface area contributed by atoms with Crippen molar-refractivity contribution in [3.8, 4) is 17.5 Å². The molecule has 19 nitrogen and oxygen atoms in total. The first-order valence-corrected chi connectivity index (χ1v) is 30.9. The second-order valence-electron chi connectivity index (χ2n) is 20.8. The molecule has 3 aliphatic rings. The Kier molecular flexibility index (Phi) is 22.9. The van der Waals surface area contributed by atoms with E-state index in [1.54, 1.807) is 6.07 Å². The number of fused-ring (bicyclic) bond motifs is 3. The lowest BCUT2D eigenvalue weighted by Gasteiger charge is -2.44. The Balaban J connectivity index is 1.08. The van der Waals surface area contributed by atoms with Crippen molar-refractivity contribution in [1.29, 1.82) is 0 Å². The molecule has 1 unspecified atom stereocenters. The fraction of sp³-hybridized carbons (Fsp3) is 0.419. The Morgan fingerprint density at radius 2 is 1.37 bits per heavy atom. The molecule has 7 rings (SSSR count). The molecule has 0 bridgehead atoms. The van der Waals surface area contributed by atoms with Crippen LogP contribution in [0.5, 0.6) is 17.5 Å². The van der Waals surface area contributed by atoms with E-state index < -0.39 is 43.4 Å². The van der Waals surface area contributed by atoms with Crippen LogP contribution in [0.3, 0.4) is 0 Å². The molecule has 0 spiro atoms. The van der Waals surface area contributed by atoms with Crippen LogP contribution >= 0.6 is 0 Å². The number of anilines is 1. The molecule has 4 heterocycles. The summed E-state index contributed by atoms with van der Waals surface area (Å²) in [4.78, 5) is 20.2. The minimum atomic E-state index is -4.64. The van der Waals surface area contributed by atoms with Crippen molar-refractivity contribution in [1.82, 2.24) is 4.73 Å². The van der Waals surface area contributed by atoms with Gasteiger partial charge in [-0.15, -0.1) is 4.73 Å². The van der Waals surface area contributed by atoms with E-state index in [0.717, 1.165) is 53.7 Å². The predicted molar refractivity (Wildman–Crippen MR) is 318 cm³/mol. The van der Waals surface area contributed by atoms with Gasteiger partial charge in [-0.05, 0) is 82.4 Å². The van der Waals surface area contributed by atoms with E-state index in [1.165, 1.54) is 24.3 Å². The zero-order valence-corrected chi connectivity index (χ0v) is 49.8. The van der Waals surface area contributed by atoms with E-state index >= 15 is 0 Å². The molecule has 1 atom stereocenters. The monoisotopic (exact) mass is 1180 g/mol. The van der Waals surface area contributed by atoms with Crippen molar-refractivity contribution < 1.29 is 78.4 Å². The molecule has 0 aliphatic carbocycles. The fourth-order valence-electron chi connectivity index (χ4n) is 10.3. The number of carbonyl (C=O) groups is 1. The molecule has 448 valence electrons. The molecular weight excluding hydrogens is 1110 g/mol. The zero-order valence-electron chi connectivity index (χ0n) is 48.2. The third-order valence-corrected chi connectivity index (χ3v) is 16.5. The maximum atomic E-state index is 13.0. The first kappa shape index (κ1) is 63.9. The number of nitrogens with zero attached hydrogens (tertiary/aromatic N) is 3. The van der Waals surface area contributed by atoms with E-state index in [4.69, 9.17) is 37.4 Å². The van der Waals surface area contributed by atoms with Gasteiger partial charge in [0.1, 0.15) is 18.1 Å². The number of benzene rings is 3. The van der Waals surface area contributed by atoms with Crippen molar-refractivity contribution in [2.24, 2.45) is 0 Å². The largest absolute Gasteiger partial charge is 0.492 e. The summed E-state index contributed by atoms with van der Waals surface area (Å²) in [6.07, 6.45) is 19.0. The van der Waals surface area contributed by atoms with Gasteiger partial charge in [0, 0.05) is 84.3 Å². The van der Waals surface area contributed by atoms with Gasteiger partial charge in [0.2, 0.25) is 17.4 Å². The average molecular weight is 1190 g/mol. The zero-order chi connectivity index (χ0) is 59.6. The minimum absolute atomic E-state index is 0.146. The van der Waals surface area contributed by atoms with Gasteiger partial charge in [0.25, 0.3) is 20.2 Å². The number of allylic oxidation sites excluding steroid dienone is 10. The Hall–Kier alpha value is -6.66. The first-order valence-electron chi connectivity index (χ1n) is 27.8. The van der Waals surface area contributed by atoms with Crippen LogP contribution in [0.15, 0.2) is 132 Å². The third kappa shape index (κ3) is 17.2. The van der Waals surface area contributed by atoms with E-state index in [2.05, 4.69) is 50.8 Å². The van der Waals surface area contributed by atoms with E-state index in [1.807, 2.05) is 90.4 Å². The SMILES string of the molecule is CCCOCCOCCOCCOCCOCCN1c2cc3c(cc2C(C)=CC1(C)C)C(=CC=CC=CC=CC1=[N+](CCCS(=O)(=O)OC)c2ccc(S(=O)(=O)O)cc2C1(C)CCCC(=O)On1c(O)ccc1O)C=C(c1ccccc1)O3. The molecule has 3 aliphatic heterocycles. The maximum Gasteiger partial charge on any atom is 0.333 e. The van der Waals surface area contributed by atoms with Crippen molar-refractivity contribution in [3.05, 3.63) is 150 Å². The lowest BCUT2D eigenvalue weighted by molar-refractivity contribution is -0.437. The smallest absolute Gasteiger partial charge is 0.333 e. The number of hydrogen-bond acceptors (Lipinski definition) is 16. The summed E-state index contributed by atoms with van der Waals surface area (Å²) in [7, 11) is -7.36. The normalized spacial score (nSPS) is 17.3. The van der Waals surface area contributed by atoms with Crippen LogP contribution in [0.4, 0.5) is 11.4 Å². The number of ether oxygens (including phenoxy) is 6. The molecule has 4 aromatic rings. The topological polar surface area (TPSA) is 231 Å². The highest BCUT2D eigenvalue weighted by Gasteiger charge is 2.48. The van der Waals surface area contributed by atoms with E-state index in [0.29, 0.717) is 99.2 Å². The van der Waals surface area contributed by atoms with Gasteiger partial charge in [0.15, 0.2) is 5.71 Å². The van der Waals surface area contributed by atoms with Crippen molar-refractivity contribution in [3.63, 3.8) is 0 Å². The highest BCUT2D eigenvalue weighted by atomic mass is 32.2. The Morgan fingerprint density at radius 1 is 0.747 bits per heavy atom. The number of carbonyl (C=O) groups excluding carboxylic acids is 1. The van der Waals surface area contributed by atoms with Crippen molar-refractivity contribution in [2.45, 2.75) is 82.6 Å². The molecule has 3 N–H and O–H groups in total. The minimum Gasteiger partial charge on any atom is -0.492 e. The lowest BCUT2D eigenvalue weighted by atomic mass is 9.75. The van der Waals surface area contributed by atoms with Gasteiger partial charge in [-0.2, -0.15) is 21.4 Å². The molecule has 0 saturated heterocycles. The first-order chi connectivity index (χ1) is 39.8. The van der Waals surface area contributed by atoms with Gasteiger partial charge >= 0.3 is 5.97 Å². The highest BCUT2D eigenvalue weighted by Crippen LogP contribution is 2.47. The van der Waals surface area contributed by atoms with Crippen LogP contribution in [-0.2, 0) is 58.3 Å². The fourth-order valence-corrected chi connectivity index (χ4v) is 11.4. The summed E-state index contributed by atoms with van der Waals surface area (Å²) in [6.45, 7) is 16.5. The Bertz CT molecular complexity index is 3320. The highest BCUT2D eigenvalue weighted by molar-refractivity contribution is 7.86. The second kappa shape index (κ2) is 29.7. The van der Waals surface area contributed by atoms with E-state index in [9.17, 15) is 36.4 Å². The Labute approximate surface area is 487 Å².